The summed E-state index contributed by atoms with van der Waals surface area (Å²) in [4.78, 5) is 23.8. The van der Waals surface area contributed by atoms with E-state index in [1.54, 1.807) is 31.2 Å². The van der Waals surface area contributed by atoms with Crippen molar-refractivity contribution in [3.05, 3.63) is 29.8 Å². The number of nitrogens with zero attached hydrogens (tertiary/aromatic N) is 1. The molecule has 138 valence electrons. The molecule has 0 atom stereocenters. The maximum absolute atomic E-state index is 12.0. The summed E-state index contributed by atoms with van der Waals surface area (Å²) >= 11 is 0. The van der Waals surface area contributed by atoms with E-state index in [1.807, 2.05) is 0 Å². The summed E-state index contributed by atoms with van der Waals surface area (Å²) in [5.74, 6) is -1.13. The number of ether oxygens (including phenoxy) is 1. The molecule has 0 saturated heterocycles. The standard InChI is InChI=1S/C17H24N2O5S/c1-13-7-3-6-10-15(13)19(25(2,22)23)11-17(21)24-12-16(20)18-14-8-4-5-9-14/h3,6-7,10,14H,4-5,8-9,11-12H2,1-2H3,(H,18,20). The molecule has 1 amide bonds. The molecule has 0 unspecified atom stereocenters. The number of amides is 1. The Morgan fingerprint density at radius 1 is 1.24 bits per heavy atom. The van der Waals surface area contributed by atoms with Crippen molar-refractivity contribution in [3.63, 3.8) is 0 Å². The largest absolute Gasteiger partial charge is 0.454 e. The summed E-state index contributed by atoms with van der Waals surface area (Å²) in [5.41, 5.74) is 1.14. The number of carbonyl (C=O) groups excluding carboxylic acids is 2. The maximum atomic E-state index is 12.0. The first-order valence-electron chi connectivity index (χ1n) is 8.25. The fraction of sp³-hybridized carbons (Fsp3) is 0.529. The molecule has 7 nitrogen and oxygen atoms in total. The number of hydrogen-bond acceptors (Lipinski definition) is 5. The molecule has 25 heavy (non-hydrogen) atoms. The number of hydrogen-bond donors (Lipinski definition) is 1. The zero-order chi connectivity index (χ0) is 18.4. The number of nitrogens with one attached hydrogen (secondary N) is 1. The Balaban J connectivity index is 1.93. The number of carbonyl (C=O) groups is 2. The molecule has 1 aromatic rings. The van der Waals surface area contributed by atoms with Crippen molar-refractivity contribution >= 4 is 27.6 Å². The lowest BCUT2D eigenvalue weighted by atomic mass is 10.2. The Bertz CT molecular complexity index is 726. The van der Waals surface area contributed by atoms with Crippen LogP contribution in [0.15, 0.2) is 24.3 Å². The van der Waals surface area contributed by atoms with E-state index in [4.69, 9.17) is 4.74 Å². The van der Waals surface area contributed by atoms with Crippen LogP contribution in [0.2, 0.25) is 0 Å². The van der Waals surface area contributed by atoms with Gasteiger partial charge in [0.1, 0.15) is 6.54 Å². The van der Waals surface area contributed by atoms with Gasteiger partial charge in [0.25, 0.3) is 5.91 Å². The predicted octanol–water partition coefficient (Wildman–Crippen LogP) is 1.36. The summed E-state index contributed by atoms with van der Waals surface area (Å²) < 4.78 is 30.0. The second kappa shape index (κ2) is 8.33. The van der Waals surface area contributed by atoms with Gasteiger partial charge in [0.15, 0.2) is 6.61 Å². The molecular weight excluding hydrogens is 344 g/mol. The monoisotopic (exact) mass is 368 g/mol. The van der Waals surface area contributed by atoms with E-state index in [-0.39, 0.29) is 11.9 Å². The molecule has 1 aromatic carbocycles. The van der Waals surface area contributed by atoms with Gasteiger partial charge in [-0.25, -0.2) is 8.42 Å². The van der Waals surface area contributed by atoms with Crippen LogP contribution >= 0.6 is 0 Å². The van der Waals surface area contributed by atoms with Crippen LogP contribution in [0.5, 0.6) is 0 Å². The van der Waals surface area contributed by atoms with Crippen LogP contribution in [0.4, 0.5) is 5.69 Å². The zero-order valence-electron chi connectivity index (χ0n) is 14.5. The summed E-state index contributed by atoms with van der Waals surface area (Å²) in [6.07, 6.45) is 5.08. The van der Waals surface area contributed by atoms with Crippen LogP contribution in [0.3, 0.4) is 0 Å². The minimum absolute atomic E-state index is 0.144. The fourth-order valence-electron chi connectivity index (χ4n) is 2.87. The first-order valence-corrected chi connectivity index (χ1v) is 10.1. The molecule has 1 aliphatic carbocycles. The normalized spacial score (nSPS) is 15.0. The van der Waals surface area contributed by atoms with Gasteiger partial charge in [0.05, 0.1) is 11.9 Å². The van der Waals surface area contributed by atoms with Crippen LogP contribution in [0, 0.1) is 6.92 Å². The molecule has 0 aromatic heterocycles. The van der Waals surface area contributed by atoms with Gasteiger partial charge >= 0.3 is 5.97 Å². The number of benzene rings is 1. The Kier molecular flexibility index (Phi) is 6.41. The van der Waals surface area contributed by atoms with E-state index in [1.165, 1.54) is 0 Å². The predicted molar refractivity (Wildman–Crippen MR) is 94.7 cm³/mol. The van der Waals surface area contributed by atoms with Crippen LogP contribution in [0.25, 0.3) is 0 Å². The first kappa shape index (κ1) is 19.2. The molecule has 0 heterocycles. The van der Waals surface area contributed by atoms with Crippen LogP contribution in [0.1, 0.15) is 31.2 Å². The van der Waals surface area contributed by atoms with Gasteiger partial charge in [-0.1, -0.05) is 31.0 Å². The Morgan fingerprint density at radius 2 is 1.88 bits per heavy atom. The van der Waals surface area contributed by atoms with Crippen LogP contribution < -0.4 is 9.62 Å². The summed E-state index contributed by atoms with van der Waals surface area (Å²) in [7, 11) is -3.66. The SMILES string of the molecule is Cc1ccccc1N(CC(=O)OCC(=O)NC1CCCC1)S(C)(=O)=O. The van der Waals surface area contributed by atoms with E-state index < -0.39 is 29.1 Å². The Labute approximate surface area is 148 Å². The second-order valence-electron chi connectivity index (χ2n) is 6.27. The highest BCUT2D eigenvalue weighted by atomic mass is 32.2. The highest BCUT2D eigenvalue weighted by Crippen LogP contribution is 2.22. The molecule has 2 rings (SSSR count). The molecular formula is C17H24N2O5S. The van der Waals surface area contributed by atoms with E-state index in [0.29, 0.717) is 5.69 Å². The van der Waals surface area contributed by atoms with E-state index >= 15 is 0 Å². The van der Waals surface area contributed by atoms with E-state index in [9.17, 15) is 18.0 Å². The van der Waals surface area contributed by atoms with E-state index in [2.05, 4.69) is 5.32 Å². The summed E-state index contributed by atoms with van der Waals surface area (Å²) in [5, 5.41) is 2.81. The smallest absolute Gasteiger partial charge is 0.327 e. The highest BCUT2D eigenvalue weighted by molar-refractivity contribution is 7.92. The van der Waals surface area contributed by atoms with Crippen molar-refractivity contribution in [2.45, 2.75) is 38.6 Å². The molecule has 0 radical (unpaired) electrons. The zero-order valence-corrected chi connectivity index (χ0v) is 15.3. The van der Waals surface area contributed by atoms with Gasteiger partial charge < -0.3 is 10.1 Å². The summed E-state index contributed by atoms with van der Waals surface area (Å²) in [6, 6.07) is 7.00. The van der Waals surface area contributed by atoms with E-state index in [0.717, 1.165) is 41.8 Å². The van der Waals surface area contributed by atoms with Gasteiger partial charge in [-0.2, -0.15) is 0 Å². The highest BCUT2D eigenvalue weighted by Gasteiger charge is 2.24. The third-order valence-electron chi connectivity index (χ3n) is 4.14. The van der Waals surface area contributed by atoms with Crippen molar-refractivity contribution in [1.82, 2.24) is 5.32 Å². The third kappa shape index (κ3) is 5.74. The molecule has 0 aliphatic heterocycles. The minimum Gasteiger partial charge on any atom is -0.454 e. The summed E-state index contributed by atoms with van der Waals surface area (Å²) in [6.45, 7) is 0.884. The number of para-hydroxylation sites is 1. The molecule has 1 N–H and O–H groups in total. The average molecular weight is 368 g/mol. The lowest BCUT2D eigenvalue weighted by Gasteiger charge is -2.23. The van der Waals surface area contributed by atoms with Gasteiger partial charge in [-0.05, 0) is 31.4 Å². The van der Waals surface area contributed by atoms with Gasteiger partial charge in [-0.15, -0.1) is 0 Å². The maximum Gasteiger partial charge on any atom is 0.327 e. The van der Waals surface area contributed by atoms with Gasteiger partial charge in [-0.3, -0.25) is 13.9 Å². The number of sulfonamides is 1. The number of aryl methyl sites for hydroxylation is 1. The van der Waals surface area contributed by atoms with Gasteiger partial charge in [0, 0.05) is 6.04 Å². The Morgan fingerprint density at radius 3 is 2.48 bits per heavy atom. The van der Waals surface area contributed by atoms with Crippen LogP contribution in [-0.4, -0.2) is 45.7 Å². The average Bonchev–Trinajstić information content (AvgIpc) is 3.03. The number of anilines is 1. The third-order valence-corrected chi connectivity index (χ3v) is 5.27. The second-order valence-corrected chi connectivity index (χ2v) is 8.17. The molecule has 0 spiro atoms. The Hall–Kier alpha value is -2.09. The molecule has 1 saturated carbocycles. The molecule has 1 fully saturated rings. The topological polar surface area (TPSA) is 92.8 Å². The van der Waals surface area contributed by atoms with Crippen molar-refractivity contribution in [3.8, 4) is 0 Å². The molecule has 0 bridgehead atoms. The number of rotatable bonds is 7. The lowest BCUT2D eigenvalue weighted by molar-refractivity contribution is -0.147. The van der Waals surface area contributed by atoms with Gasteiger partial charge in [0.2, 0.25) is 10.0 Å². The first-order chi connectivity index (χ1) is 11.8. The van der Waals surface area contributed by atoms with Crippen molar-refractivity contribution in [2.24, 2.45) is 0 Å². The van der Waals surface area contributed by atoms with Crippen molar-refractivity contribution in [1.29, 1.82) is 0 Å². The van der Waals surface area contributed by atoms with Crippen molar-refractivity contribution < 1.29 is 22.7 Å². The minimum atomic E-state index is -3.66. The van der Waals surface area contributed by atoms with Crippen LogP contribution in [-0.2, 0) is 24.3 Å². The number of esters is 1. The fourth-order valence-corrected chi connectivity index (χ4v) is 3.77. The lowest BCUT2D eigenvalue weighted by Crippen LogP contribution is -2.39. The molecule has 1 aliphatic rings. The quantitative estimate of drug-likeness (QED) is 0.734. The molecule has 8 heteroatoms. The van der Waals surface area contributed by atoms with Crippen molar-refractivity contribution in [2.75, 3.05) is 23.7 Å².